The van der Waals surface area contributed by atoms with Crippen LogP contribution in [-0.4, -0.2) is 25.6 Å². The Morgan fingerprint density at radius 1 is 1.24 bits per heavy atom. The Kier molecular flexibility index (Phi) is 5.63. The second-order valence-electron chi connectivity index (χ2n) is 5.72. The van der Waals surface area contributed by atoms with Crippen molar-refractivity contribution >= 4 is 37.6 Å². The minimum atomic E-state index is -3.96. The van der Waals surface area contributed by atoms with E-state index in [4.69, 9.17) is 4.74 Å². The number of aromatic nitrogens is 1. The molecule has 0 atom stereocenters. The second kappa shape index (κ2) is 7.21. The van der Waals surface area contributed by atoms with Crippen molar-refractivity contribution in [1.82, 2.24) is 4.57 Å². The highest BCUT2D eigenvalue weighted by Crippen LogP contribution is 2.29. The predicted octanol–water partition coefficient (Wildman–Crippen LogP) is 3.69. The van der Waals surface area contributed by atoms with Crippen LogP contribution in [0, 0.1) is 20.8 Å². The van der Waals surface area contributed by atoms with Crippen molar-refractivity contribution in [2.24, 2.45) is 7.05 Å². The van der Waals surface area contributed by atoms with Gasteiger partial charge in [0, 0.05) is 28.6 Å². The first-order chi connectivity index (χ1) is 11.6. The lowest BCUT2D eigenvalue weighted by Crippen LogP contribution is -2.18. The highest BCUT2D eigenvalue weighted by Gasteiger charge is 2.31. The van der Waals surface area contributed by atoms with Gasteiger partial charge in [-0.05, 0) is 51.5 Å². The number of ether oxygens (including phenoxy) is 1. The Bertz CT molecular complexity index is 933. The van der Waals surface area contributed by atoms with Crippen molar-refractivity contribution in [1.29, 1.82) is 0 Å². The number of hydrogen-bond acceptors (Lipinski definition) is 4. The molecule has 0 fully saturated rings. The van der Waals surface area contributed by atoms with Crippen LogP contribution < -0.4 is 4.72 Å². The molecular weight excluding hydrogens is 408 g/mol. The Morgan fingerprint density at radius 3 is 2.44 bits per heavy atom. The van der Waals surface area contributed by atoms with Crippen LogP contribution in [0.5, 0.6) is 0 Å². The summed E-state index contributed by atoms with van der Waals surface area (Å²) >= 11 is 3.38. The van der Waals surface area contributed by atoms with Crippen molar-refractivity contribution in [2.45, 2.75) is 32.6 Å². The van der Waals surface area contributed by atoms with Crippen molar-refractivity contribution in [2.75, 3.05) is 11.3 Å². The summed E-state index contributed by atoms with van der Waals surface area (Å²) in [6.07, 6.45) is 0. The molecule has 0 amide bonds. The van der Waals surface area contributed by atoms with Crippen LogP contribution >= 0.6 is 15.9 Å². The molecule has 2 rings (SSSR count). The van der Waals surface area contributed by atoms with Gasteiger partial charge in [0.1, 0.15) is 10.5 Å². The maximum absolute atomic E-state index is 13.0. The molecule has 0 saturated carbocycles. The Labute approximate surface area is 156 Å². The number of aryl methyl sites for hydroxylation is 1. The van der Waals surface area contributed by atoms with Gasteiger partial charge in [0.25, 0.3) is 10.0 Å². The van der Waals surface area contributed by atoms with E-state index in [1.807, 2.05) is 6.92 Å². The monoisotopic (exact) mass is 428 g/mol. The maximum atomic E-state index is 13.0. The summed E-state index contributed by atoms with van der Waals surface area (Å²) in [5.41, 5.74) is 2.41. The van der Waals surface area contributed by atoms with Gasteiger partial charge in [-0.1, -0.05) is 15.9 Å². The van der Waals surface area contributed by atoms with E-state index in [1.165, 1.54) is 0 Å². The number of carbonyl (C=O) groups is 1. The molecule has 25 heavy (non-hydrogen) atoms. The fourth-order valence-electron chi connectivity index (χ4n) is 2.60. The molecule has 1 aromatic carbocycles. The van der Waals surface area contributed by atoms with Gasteiger partial charge in [0.2, 0.25) is 0 Å². The molecule has 8 heteroatoms. The minimum Gasteiger partial charge on any atom is -0.462 e. The zero-order chi connectivity index (χ0) is 18.9. The lowest BCUT2D eigenvalue weighted by atomic mass is 10.2. The first-order valence-electron chi connectivity index (χ1n) is 7.72. The molecule has 1 aromatic heterocycles. The molecule has 0 radical (unpaired) electrons. The lowest BCUT2D eigenvalue weighted by molar-refractivity contribution is 0.0521. The van der Waals surface area contributed by atoms with Gasteiger partial charge in [-0.2, -0.15) is 0 Å². The number of halogens is 1. The smallest absolute Gasteiger partial charge is 0.341 e. The van der Waals surface area contributed by atoms with E-state index in [0.717, 1.165) is 10.0 Å². The quantitative estimate of drug-likeness (QED) is 0.736. The first kappa shape index (κ1) is 19.5. The number of hydrogen-bond donors (Lipinski definition) is 1. The molecule has 1 heterocycles. The number of nitrogens with one attached hydrogen (secondary N) is 1. The average Bonchev–Trinajstić information content (AvgIpc) is 2.76. The van der Waals surface area contributed by atoms with E-state index in [-0.39, 0.29) is 17.1 Å². The van der Waals surface area contributed by atoms with Gasteiger partial charge in [0.05, 0.1) is 6.61 Å². The van der Waals surface area contributed by atoms with E-state index in [9.17, 15) is 13.2 Å². The molecule has 136 valence electrons. The number of nitrogens with zero attached hydrogens (tertiary/aromatic N) is 1. The summed E-state index contributed by atoms with van der Waals surface area (Å²) in [4.78, 5) is 12.3. The van der Waals surface area contributed by atoms with Crippen LogP contribution in [0.1, 0.15) is 34.2 Å². The molecule has 0 aliphatic carbocycles. The van der Waals surface area contributed by atoms with Crippen molar-refractivity contribution in [3.8, 4) is 0 Å². The summed E-state index contributed by atoms with van der Waals surface area (Å²) in [6, 6.07) is 5.14. The summed E-state index contributed by atoms with van der Waals surface area (Å²) < 4.78 is 36.1. The third-order valence-electron chi connectivity index (χ3n) is 4.08. The van der Waals surface area contributed by atoms with Crippen LogP contribution in [0.2, 0.25) is 0 Å². The fourth-order valence-corrected chi connectivity index (χ4v) is 4.42. The van der Waals surface area contributed by atoms with Crippen LogP contribution in [-0.2, 0) is 21.8 Å². The van der Waals surface area contributed by atoms with Gasteiger partial charge in [-0.3, -0.25) is 4.72 Å². The van der Waals surface area contributed by atoms with Gasteiger partial charge in [-0.25, -0.2) is 13.2 Å². The molecule has 0 bridgehead atoms. The highest BCUT2D eigenvalue weighted by molar-refractivity contribution is 9.10. The van der Waals surface area contributed by atoms with E-state index in [2.05, 4.69) is 20.7 Å². The van der Waals surface area contributed by atoms with Crippen LogP contribution in [0.4, 0.5) is 5.69 Å². The van der Waals surface area contributed by atoms with Gasteiger partial charge in [0.15, 0.2) is 0 Å². The fraction of sp³-hybridized carbons (Fsp3) is 0.353. The summed E-state index contributed by atoms with van der Waals surface area (Å²) in [6.45, 7) is 7.08. The first-order valence-corrected chi connectivity index (χ1v) is 9.99. The number of benzene rings is 1. The maximum Gasteiger partial charge on any atom is 0.341 e. The number of sulfonamides is 1. The van der Waals surface area contributed by atoms with E-state index in [0.29, 0.717) is 17.1 Å². The molecule has 0 saturated heterocycles. The number of esters is 1. The Hall–Kier alpha value is -1.80. The Balaban J connectivity index is 2.57. The topological polar surface area (TPSA) is 77.4 Å². The molecular formula is C17H21BrN2O4S. The van der Waals surface area contributed by atoms with Gasteiger partial charge >= 0.3 is 5.97 Å². The minimum absolute atomic E-state index is 0.0495. The summed E-state index contributed by atoms with van der Waals surface area (Å²) in [5, 5.41) is 0. The molecule has 0 unspecified atom stereocenters. The summed E-state index contributed by atoms with van der Waals surface area (Å²) in [7, 11) is -2.24. The Morgan fingerprint density at radius 2 is 1.88 bits per heavy atom. The second-order valence-corrected chi connectivity index (χ2v) is 8.20. The lowest BCUT2D eigenvalue weighted by Gasteiger charge is -2.11. The van der Waals surface area contributed by atoms with E-state index >= 15 is 0 Å². The largest absolute Gasteiger partial charge is 0.462 e. The van der Waals surface area contributed by atoms with Crippen LogP contribution in [0.25, 0.3) is 0 Å². The van der Waals surface area contributed by atoms with Crippen LogP contribution in [0.3, 0.4) is 0 Å². The van der Waals surface area contributed by atoms with Crippen LogP contribution in [0.15, 0.2) is 27.6 Å². The average molecular weight is 429 g/mol. The molecule has 0 spiro atoms. The zero-order valence-electron chi connectivity index (χ0n) is 14.8. The van der Waals surface area contributed by atoms with Gasteiger partial charge < -0.3 is 9.30 Å². The van der Waals surface area contributed by atoms with E-state index in [1.54, 1.807) is 50.6 Å². The standard InChI is InChI=1S/C17H21BrN2O4S/c1-6-24-17(21)15-11(3)20(5)12(4)16(15)25(22,23)19-13-7-8-14(18)10(2)9-13/h7-9,19H,6H2,1-5H3. The molecule has 2 aromatic rings. The molecule has 0 aliphatic heterocycles. The molecule has 6 nitrogen and oxygen atoms in total. The van der Waals surface area contributed by atoms with Crippen molar-refractivity contribution in [3.05, 3.63) is 45.2 Å². The van der Waals surface area contributed by atoms with Crippen molar-refractivity contribution in [3.63, 3.8) is 0 Å². The van der Waals surface area contributed by atoms with Gasteiger partial charge in [-0.15, -0.1) is 0 Å². The number of rotatable bonds is 5. The summed E-state index contributed by atoms with van der Waals surface area (Å²) in [5.74, 6) is -0.643. The zero-order valence-corrected chi connectivity index (χ0v) is 17.2. The predicted molar refractivity (Wildman–Crippen MR) is 101 cm³/mol. The highest BCUT2D eigenvalue weighted by atomic mass is 79.9. The molecule has 1 N–H and O–H groups in total. The normalized spacial score (nSPS) is 11.4. The number of anilines is 1. The number of carbonyl (C=O) groups excluding carboxylic acids is 1. The third-order valence-corrected chi connectivity index (χ3v) is 6.51. The molecule has 0 aliphatic rings. The van der Waals surface area contributed by atoms with E-state index < -0.39 is 16.0 Å². The SMILES string of the molecule is CCOC(=O)c1c(S(=O)(=O)Nc2ccc(Br)c(C)c2)c(C)n(C)c1C. The van der Waals surface area contributed by atoms with Crippen molar-refractivity contribution < 1.29 is 17.9 Å². The third kappa shape index (κ3) is 3.74.